The lowest BCUT2D eigenvalue weighted by Gasteiger charge is -2.46. The standard InChI is InChI=1S/C16H32N4O/c1-13(2)12-19-7-9-20(10-8-19)14-5-4-6-16(11-14,18-3)15(17)21/h13-14,18H,4-12H2,1-3H3,(H2,17,21). The Hall–Kier alpha value is -0.650. The molecule has 0 spiro atoms. The maximum Gasteiger partial charge on any atom is 0.237 e. The van der Waals surface area contributed by atoms with Crippen molar-refractivity contribution in [3.05, 3.63) is 0 Å². The van der Waals surface area contributed by atoms with Gasteiger partial charge in [0.25, 0.3) is 0 Å². The van der Waals surface area contributed by atoms with Crippen LogP contribution in [0, 0.1) is 5.92 Å². The quantitative estimate of drug-likeness (QED) is 0.782. The molecule has 2 unspecified atom stereocenters. The molecule has 122 valence electrons. The molecular formula is C16H32N4O. The number of piperazine rings is 1. The van der Waals surface area contributed by atoms with E-state index >= 15 is 0 Å². The fourth-order valence-electron chi connectivity index (χ4n) is 3.96. The first kappa shape index (κ1) is 16.7. The molecule has 0 radical (unpaired) electrons. The molecule has 0 aromatic rings. The summed E-state index contributed by atoms with van der Waals surface area (Å²) in [6.45, 7) is 10.3. The highest BCUT2D eigenvalue weighted by Crippen LogP contribution is 2.31. The van der Waals surface area contributed by atoms with Crippen molar-refractivity contribution in [2.45, 2.75) is 51.1 Å². The minimum absolute atomic E-state index is 0.187. The molecule has 0 bridgehead atoms. The Kier molecular flexibility index (Phi) is 5.63. The van der Waals surface area contributed by atoms with Gasteiger partial charge in [0.2, 0.25) is 5.91 Å². The Balaban J connectivity index is 1.90. The molecule has 5 nitrogen and oxygen atoms in total. The van der Waals surface area contributed by atoms with Crippen LogP contribution in [0.15, 0.2) is 0 Å². The van der Waals surface area contributed by atoms with Crippen LogP contribution in [0.2, 0.25) is 0 Å². The van der Waals surface area contributed by atoms with E-state index < -0.39 is 5.54 Å². The van der Waals surface area contributed by atoms with Crippen molar-refractivity contribution in [3.63, 3.8) is 0 Å². The zero-order valence-corrected chi connectivity index (χ0v) is 13.9. The Morgan fingerprint density at radius 1 is 1.33 bits per heavy atom. The van der Waals surface area contributed by atoms with Crippen LogP contribution < -0.4 is 11.1 Å². The van der Waals surface area contributed by atoms with E-state index in [-0.39, 0.29) is 5.91 Å². The second-order valence-electron chi connectivity index (χ2n) is 7.18. The van der Waals surface area contributed by atoms with Crippen molar-refractivity contribution >= 4 is 5.91 Å². The van der Waals surface area contributed by atoms with E-state index in [1.165, 1.54) is 13.0 Å². The molecule has 1 amide bonds. The number of amides is 1. The maximum absolute atomic E-state index is 11.8. The van der Waals surface area contributed by atoms with Gasteiger partial charge in [-0.3, -0.25) is 9.69 Å². The first-order valence-electron chi connectivity index (χ1n) is 8.42. The van der Waals surface area contributed by atoms with Crippen molar-refractivity contribution in [1.29, 1.82) is 0 Å². The summed E-state index contributed by atoms with van der Waals surface area (Å²) in [6, 6.07) is 0.500. The summed E-state index contributed by atoms with van der Waals surface area (Å²) >= 11 is 0. The molecule has 2 rings (SSSR count). The average Bonchev–Trinajstić information content (AvgIpc) is 2.47. The van der Waals surface area contributed by atoms with E-state index in [0.717, 1.165) is 51.4 Å². The van der Waals surface area contributed by atoms with Crippen molar-refractivity contribution in [2.24, 2.45) is 11.7 Å². The van der Waals surface area contributed by atoms with Crippen molar-refractivity contribution in [1.82, 2.24) is 15.1 Å². The lowest BCUT2D eigenvalue weighted by Crippen LogP contribution is -2.61. The van der Waals surface area contributed by atoms with Crippen LogP contribution in [-0.2, 0) is 4.79 Å². The monoisotopic (exact) mass is 296 g/mol. The van der Waals surface area contributed by atoms with E-state index in [1.807, 2.05) is 7.05 Å². The minimum atomic E-state index is -0.488. The van der Waals surface area contributed by atoms with Crippen LogP contribution in [0.1, 0.15) is 39.5 Å². The predicted octanol–water partition coefficient (Wildman–Crippen LogP) is 0.646. The number of rotatable bonds is 5. The largest absolute Gasteiger partial charge is 0.368 e. The highest BCUT2D eigenvalue weighted by molar-refractivity contribution is 5.84. The lowest BCUT2D eigenvalue weighted by atomic mass is 9.77. The molecular weight excluding hydrogens is 264 g/mol. The highest BCUT2D eigenvalue weighted by Gasteiger charge is 2.42. The van der Waals surface area contributed by atoms with Gasteiger partial charge in [0, 0.05) is 38.8 Å². The molecule has 1 saturated carbocycles. The summed E-state index contributed by atoms with van der Waals surface area (Å²) in [6.07, 6.45) is 4.02. The lowest BCUT2D eigenvalue weighted by molar-refractivity contribution is -0.126. The third-order valence-electron chi connectivity index (χ3n) is 5.22. The number of nitrogens with one attached hydrogen (secondary N) is 1. The zero-order valence-electron chi connectivity index (χ0n) is 13.9. The second-order valence-corrected chi connectivity index (χ2v) is 7.18. The van der Waals surface area contributed by atoms with E-state index in [0.29, 0.717) is 6.04 Å². The van der Waals surface area contributed by atoms with Gasteiger partial charge in [-0.15, -0.1) is 0 Å². The fourth-order valence-corrected chi connectivity index (χ4v) is 3.96. The van der Waals surface area contributed by atoms with Gasteiger partial charge in [0.05, 0.1) is 5.54 Å². The Bertz CT molecular complexity index is 352. The third-order valence-corrected chi connectivity index (χ3v) is 5.22. The molecule has 2 fully saturated rings. The molecule has 2 aliphatic rings. The number of likely N-dealkylation sites (N-methyl/N-ethyl adjacent to an activating group) is 1. The molecule has 21 heavy (non-hydrogen) atoms. The number of hydrogen-bond donors (Lipinski definition) is 2. The summed E-state index contributed by atoms with van der Waals surface area (Å²) in [5.74, 6) is 0.547. The fraction of sp³-hybridized carbons (Fsp3) is 0.938. The summed E-state index contributed by atoms with van der Waals surface area (Å²) < 4.78 is 0. The van der Waals surface area contributed by atoms with Gasteiger partial charge in [-0.25, -0.2) is 0 Å². The van der Waals surface area contributed by atoms with E-state index in [9.17, 15) is 4.79 Å². The molecule has 1 heterocycles. The Morgan fingerprint density at radius 3 is 2.52 bits per heavy atom. The predicted molar refractivity (Wildman–Crippen MR) is 86.1 cm³/mol. The number of nitrogens with two attached hydrogens (primary N) is 1. The molecule has 1 saturated heterocycles. The van der Waals surface area contributed by atoms with Gasteiger partial charge in [-0.2, -0.15) is 0 Å². The van der Waals surface area contributed by atoms with Crippen molar-refractivity contribution in [2.75, 3.05) is 39.8 Å². The minimum Gasteiger partial charge on any atom is -0.368 e. The SMILES string of the molecule is CNC1(C(N)=O)CCCC(N2CCN(CC(C)C)CC2)C1. The first-order chi connectivity index (χ1) is 9.97. The summed E-state index contributed by atoms with van der Waals surface area (Å²) in [7, 11) is 1.87. The van der Waals surface area contributed by atoms with E-state index in [4.69, 9.17) is 5.73 Å². The summed E-state index contributed by atoms with van der Waals surface area (Å²) in [5.41, 5.74) is 5.17. The van der Waals surface area contributed by atoms with Crippen LogP contribution in [0.5, 0.6) is 0 Å². The van der Waals surface area contributed by atoms with Crippen LogP contribution in [-0.4, -0.2) is 67.1 Å². The zero-order chi connectivity index (χ0) is 15.5. The number of nitrogens with zero attached hydrogens (tertiary/aromatic N) is 2. The normalized spacial score (nSPS) is 32.5. The first-order valence-corrected chi connectivity index (χ1v) is 8.42. The second kappa shape index (κ2) is 7.07. The topological polar surface area (TPSA) is 61.6 Å². The molecule has 1 aliphatic carbocycles. The number of primary amides is 1. The van der Waals surface area contributed by atoms with Gasteiger partial charge < -0.3 is 16.0 Å². The van der Waals surface area contributed by atoms with Gasteiger partial charge in [0.15, 0.2) is 0 Å². The summed E-state index contributed by atoms with van der Waals surface area (Å²) in [4.78, 5) is 17.0. The molecule has 5 heteroatoms. The van der Waals surface area contributed by atoms with Crippen molar-refractivity contribution in [3.8, 4) is 0 Å². The molecule has 2 atom stereocenters. The van der Waals surface area contributed by atoms with Crippen LogP contribution in [0.4, 0.5) is 0 Å². The van der Waals surface area contributed by atoms with Crippen molar-refractivity contribution < 1.29 is 4.79 Å². The van der Waals surface area contributed by atoms with Gasteiger partial charge in [-0.05, 0) is 38.6 Å². The molecule has 0 aromatic heterocycles. The van der Waals surface area contributed by atoms with Gasteiger partial charge in [0.1, 0.15) is 0 Å². The Morgan fingerprint density at radius 2 is 2.00 bits per heavy atom. The van der Waals surface area contributed by atoms with Crippen LogP contribution in [0.25, 0.3) is 0 Å². The molecule has 0 aromatic carbocycles. The van der Waals surface area contributed by atoms with Gasteiger partial charge in [-0.1, -0.05) is 13.8 Å². The maximum atomic E-state index is 11.8. The van der Waals surface area contributed by atoms with E-state index in [2.05, 4.69) is 29.0 Å². The molecule has 3 N–H and O–H groups in total. The third kappa shape index (κ3) is 3.96. The number of carbonyl (C=O) groups excluding carboxylic acids is 1. The average molecular weight is 296 g/mol. The van der Waals surface area contributed by atoms with Crippen LogP contribution >= 0.6 is 0 Å². The van der Waals surface area contributed by atoms with Crippen LogP contribution in [0.3, 0.4) is 0 Å². The summed E-state index contributed by atoms with van der Waals surface area (Å²) in [5, 5.41) is 3.21. The smallest absolute Gasteiger partial charge is 0.237 e. The van der Waals surface area contributed by atoms with Gasteiger partial charge >= 0.3 is 0 Å². The van der Waals surface area contributed by atoms with E-state index in [1.54, 1.807) is 0 Å². The highest BCUT2D eigenvalue weighted by atomic mass is 16.1. The number of hydrogen-bond acceptors (Lipinski definition) is 4. The molecule has 1 aliphatic heterocycles. The number of carbonyl (C=O) groups is 1. The Labute approximate surface area is 129 Å².